The standard InChI is InChI=1S/C12H22N2/c1-3-5-6-7-8-10-12(14)11(13)9-4-2/h4,8-10H,3,5-7,13-14H2,1-2H3. The predicted molar refractivity (Wildman–Crippen MR) is 63.5 cm³/mol. The van der Waals surface area contributed by atoms with Crippen molar-refractivity contribution in [2.45, 2.75) is 39.5 Å². The molecule has 0 heterocycles. The molecule has 0 rings (SSSR count). The first-order chi connectivity index (χ1) is 6.72. The van der Waals surface area contributed by atoms with E-state index in [9.17, 15) is 0 Å². The first-order valence-corrected chi connectivity index (χ1v) is 5.26. The Hall–Kier alpha value is -1.18. The van der Waals surface area contributed by atoms with Crippen LogP contribution in [0.15, 0.2) is 35.7 Å². The van der Waals surface area contributed by atoms with Crippen LogP contribution in [0.5, 0.6) is 0 Å². The zero-order chi connectivity index (χ0) is 10.8. The van der Waals surface area contributed by atoms with Gasteiger partial charge in [-0.1, -0.05) is 31.9 Å². The lowest BCUT2D eigenvalue weighted by atomic mass is 10.2. The van der Waals surface area contributed by atoms with Gasteiger partial charge in [-0.2, -0.15) is 0 Å². The molecule has 0 aliphatic heterocycles. The van der Waals surface area contributed by atoms with Crippen LogP contribution < -0.4 is 11.5 Å². The molecule has 0 fully saturated rings. The third-order valence-electron chi connectivity index (χ3n) is 1.95. The third kappa shape index (κ3) is 6.35. The molecule has 80 valence electrons. The van der Waals surface area contributed by atoms with E-state index < -0.39 is 0 Å². The van der Waals surface area contributed by atoms with E-state index in [0.29, 0.717) is 11.4 Å². The van der Waals surface area contributed by atoms with Crippen molar-refractivity contribution < 1.29 is 0 Å². The highest BCUT2D eigenvalue weighted by atomic mass is 14.7. The molecule has 0 radical (unpaired) electrons. The van der Waals surface area contributed by atoms with Gasteiger partial charge in [0.1, 0.15) is 0 Å². The summed E-state index contributed by atoms with van der Waals surface area (Å²) in [6.45, 7) is 4.12. The van der Waals surface area contributed by atoms with Crippen LogP contribution in [0.25, 0.3) is 0 Å². The van der Waals surface area contributed by atoms with Gasteiger partial charge < -0.3 is 11.5 Å². The fourth-order valence-corrected chi connectivity index (χ4v) is 1.09. The van der Waals surface area contributed by atoms with Gasteiger partial charge in [-0.05, 0) is 31.9 Å². The van der Waals surface area contributed by atoms with Crippen molar-refractivity contribution in [2.75, 3.05) is 0 Å². The maximum atomic E-state index is 5.73. The van der Waals surface area contributed by atoms with E-state index in [1.165, 1.54) is 19.3 Å². The summed E-state index contributed by atoms with van der Waals surface area (Å²) in [5.41, 5.74) is 12.7. The van der Waals surface area contributed by atoms with Gasteiger partial charge in [0, 0.05) is 0 Å². The maximum absolute atomic E-state index is 5.73. The Labute approximate surface area is 87.4 Å². The molecule has 0 amide bonds. The highest BCUT2D eigenvalue weighted by molar-refractivity contribution is 5.28. The van der Waals surface area contributed by atoms with E-state index in [0.717, 1.165) is 6.42 Å². The van der Waals surface area contributed by atoms with Crippen LogP contribution in [-0.2, 0) is 0 Å². The summed E-state index contributed by atoms with van der Waals surface area (Å²) < 4.78 is 0. The molecular formula is C12H22N2. The summed E-state index contributed by atoms with van der Waals surface area (Å²) in [5.74, 6) is 0. The SMILES string of the molecule is CC=CC(N)=C(N)C=CCCCCC. The molecule has 0 atom stereocenters. The zero-order valence-electron chi connectivity index (χ0n) is 9.29. The zero-order valence-corrected chi connectivity index (χ0v) is 9.29. The quantitative estimate of drug-likeness (QED) is 0.504. The largest absolute Gasteiger partial charge is 0.397 e. The summed E-state index contributed by atoms with van der Waals surface area (Å²) in [4.78, 5) is 0. The molecule has 0 bridgehead atoms. The Morgan fingerprint density at radius 3 is 2.29 bits per heavy atom. The van der Waals surface area contributed by atoms with Crippen LogP contribution in [0.1, 0.15) is 39.5 Å². The van der Waals surface area contributed by atoms with Gasteiger partial charge >= 0.3 is 0 Å². The van der Waals surface area contributed by atoms with Gasteiger partial charge in [0.05, 0.1) is 11.4 Å². The number of hydrogen-bond acceptors (Lipinski definition) is 2. The van der Waals surface area contributed by atoms with Crippen LogP contribution >= 0.6 is 0 Å². The minimum Gasteiger partial charge on any atom is -0.397 e. The summed E-state index contributed by atoms with van der Waals surface area (Å²) in [6.07, 6.45) is 12.5. The Balaban J connectivity index is 3.91. The lowest BCUT2D eigenvalue weighted by Gasteiger charge is -1.97. The molecule has 0 aromatic rings. The van der Waals surface area contributed by atoms with E-state index >= 15 is 0 Å². The van der Waals surface area contributed by atoms with Crippen molar-refractivity contribution in [1.82, 2.24) is 0 Å². The van der Waals surface area contributed by atoms with Crippen molar-refractivity contribution in [2.24, 2.45) is 11.5 Å². The second-order valence-corrected chi connectivity index (χ2v) is 3.31. The molecule has 4 N–H and O–H groups in total. The first-order valence-electron chi connectivity index (χ1n) is 5.26. The fraction of sp³-hybridized carbons (Fsp3) is 0.500. The second-order valence-electron chi connectivity index (χ2n) is 3.31. The van der Waals surface area contributed by atoms with Gasteiger partial charge in [0.2, 0.25) is 0 Å². The normalized spacial score (nSPS) is 13.9. The Bertz CT molecular complexity index is 224. The van der Waals surface area contributed by atoms with E-state index in [-0.39, 0.29) is 0 Å². The molecule has 0 spiro atoms. The number of allylic oxidation sites excluding steroid dienone is 4. The lowest BCUT2D eigenvalue weighted by molar-refractivity contribution is 0.729. The number of nitrogens with two attached hydrogens (primary N) is 2. The van der Waals surface area contributed by atoms with Crippen LogP contribution in [-0.4, -0.2) is 0 Å². The molecular weight excluding hydrogens is 172 g/mol. The molecule has 0 unspecified atom stereocenters. The van der Waals surface area contributed by atoms with E-state index in [2.05, 4.69) is 13.0 Å². The fourth-order valence-electron chi connectivity index (χ4n) is 1.09. The van der Waals surface area contributed by atoms with Gasteiger partial charge in [-0.15, -0.1) is 0 Å². The van der Waals surface area contributed by atoms with Crippen molar-refractivity contribution in [1.29, 1.82) is 0 Å². The number of hydrogen-bond donors (Lipinski definition) is 2. The van der Waals surface area contributed by atoms with Gasteiger partial charge in [0.15, 0.2) is 0 Å². The average Bonchev–Trinajstić information content (AvgIpc) is 2.17. The van der Waals surface area contributed by atoms with Crippen molar-refractivity contribution in [3.05, 3.63) is 35.7 Å². The Kier molecular flexibility index (Phi) is 7.71. The summed E-state index contributed by atoms with van der Waals surface area (Å²) in [7, 11) is 0. The smallest absolute Gasteiger partial charge is 0.0544 e. The maximum Gasteiger partial charge on any atom is 0.0544 e. The van der Waals surface area contributed by atoms with Crippen LogP contribution in [0.4, 0.5) is 0 Å². The first kappa shape index (κ1) is 12.8. The summed E-state index contributed by atoms with van der Waals surface area (Å²) >= 11 is 0. The highest BCUT2D eigenvalue weighted by Crippen LogP contribution is 2.02. The Morgan fingerprint density at radius 1 is 1.07 bits per heavy atom. The van der Waals surface area contributed by atoms with Crippen molar-refractivity contribution >= 4 is 0 Å². The molecule has 0 aromatic heterocycles. The van der Waals surface area contributed by atoms with Crippen LogP contribution in [0, 0.1) is 0 Å². The van der Waals surface area contributed by atoms with Crippen molar-refractivity contribution in [3.8, 4) is 0 Å². The lowest BCUT2D eigenvalue weighted by Crippen LogP contribution is -2.05. The summed E-state index contributed by atoms with van der Waals surface area (Å²) in [6, 6.07) is 0. The Morgan fingerprint density at radius 2 is 1.71 bits per heavy atom. The number of unbranched alkanes of at least 4 members (excludes halogenated alkanes) is 3. The second kappa shape index (κ2) is 8.42. The van der Waals surface area contributed by atoms with Crippen LogP contribution in [0.3, 0.4) is 0 Å². The molecule has 2 heteroatoms. The molecule has 2 nitrogen and oxygen atoms in total. The monoisotopic (exact) mass is 194 g/mol. The minimum atomic E-state index is 0.638. The average molecular weight is 194 g/mol. The summed E-state index contributed by atoms with van der Waals surface area (Å²) in [5, 5.41) is 0. The molecule has 0 aliphatic rings. The molecule has 0 saturated carbocycles. The van der Waals surface area contributed by atoms with E-state index in [4.69, 9.17) is 11.5 Å². The molecule has 0 saturated heterocycles. The van der Waals surface area contributed by atoms with Gasteiger partial charge in [0.25, 0.3) is 0 Å². The van der Waals surface area contributed by atoms with Gasteiger partial charge in [-0.25, -0.2) is 0 Å². The highest BCUT2D eigenvalue weighted by Gasteiger charge is 1.88. The molecule has 0 aliphatic carbocycles. The molecule has 14 heavy (non-hydrogen) atoms. The predicted octanol–water partition coefficient (Wildman–Crippen LogP) is 2.83. The van der Waals surface area contributed by atoms with Gasteiger partial charge in [-0.3, -0.25) is 0 Å². The topological polar surface area (TPSA) is 52.0 Å². The minimum absolute atomic E-state index is 0.638. The van der Waals surface area contributed by atoms with Crippen LogP contribution in [0.2, 0.25) is 0 Å². The van der Waals surface area contributed by atoms with E-state index in [1.807, 2.05) is 25.2 Å². The van der Waals surface area contributed by atoms with E-state index in [1.54, 1.807) is 0 Å². The number of rotatable bonds is 6. The van der Waals surface area contributed by atoms with Crippen molar-refractivity contribution in [3.63, 3.8) is 0 Å². The third-order valence-corrected chi connectivity index (χ3v) is 1.95. The molecule has 0 aromatic carbocycles.